The van der Waals surface area contributed by atoms with E-state index in [1.807, 2.05) is 0 Å². The Labute approximate surface area is 161 Å². The topological polar surface area (TPSA) is 52.5 Å². The second kappa shape index (κ2) is 10.3. The number of hydrogen-bond acceptors (Lipinski definition) is 4. The smallest absolute Gasteiger partial charge is 0.191 e. The molecule has 2 aromatic rings. The van der Waals surface area contributed by atoms with Crippen molar-refractivity contribution in [3.05, 3.63) is 51.5 Å². The van der Waals surface area contributed by atoms with Gasteiger partial charge in [0.25, 0.3) is 0 Å². The lowest BCUT2D eigenvalue weighted by Crippen LogP contribution is -2.36. The molecule has 0 aliphatic rings. The lowest BCUT2D eigenvalue weighted by Gasteiger charge is -2.15. The van der Waals surface area contributed by atoms with Crippen molar-refractivity contribution >= 4 is 17.3 Å². The Hall–Kier alpha value is -1.92. The molecule has 2 N–H and O–H groups in total. The molecule has 0 aliphatic heterocycles. The number of benzene rings is 1. The summed E-state index contributed by atoms with van der Waals surface area (Å²) in [6.07, 6.45) is 0. The number of aromatic nitrogens is 1. The molecule has 0 unspecified atom stereocenters. The molecule has 0 saturated heterocycles. The third kappa shape index (κ3) is 6.42. The van der Waals surface area contributed by atoms with Crippen LogP contribution in [0.15, 0.2) is 34.6 Å². The van der Waals surface area contributed by atoms with Crippen LogP contribution >= 0.6 is 11.3 Å². The minimum Gasteiger partial charge on any atom is -0.352 e. The molecule has 0 radical (unpaired) electrons. The highest BCUT2D eigenvalue weighted by atomic mass is 32.1. The van der Waals surface area contributed by atoms with Gasteiger partial charge in [-0.05, 0) is 30.6 Å². The average molecular weight is 374 g/mol. The molecule has 0 aliphatic carbocycles. The molecule has 0 bridgehead atoms. The van der Waals surface area contributed by atoms with Gasteiger partial charge >= 0.3 is 0 Å². The maximum absolute atomic E-state index is 4.65. The number of nitrogens with zero attached hydrogens (tertiary/aromatic N) is 3. The molecule has 1 heterocycles. The van der Waals surface area contributed by atoms with Crippen LogP contribution in [0.5, 0.6) is 0 Å². The van der Waals surface area contributed by atoms with E-state index in [9.17, 15) is 0 Å². The Morgan fingerprint density at radius 2 is 1.96 bits per heavy atom. The van der Waals surface area contributed by atoms with Gasteiger partial charge in [-0.2, -0.15) is 0 Å². The first-order valence-electron chi connectivity index (χ1n) is 9.17. The SMILES string of the molecule is CCN(C)Cc1cccc(CNC(=NC)NCc2nc(C(C)C)cs2)c1. The van der Waals surface area contributed by atoms with Crippen molar-refractivity contribution < 1.29 is 0 Å². The van der Waals surface area contributed by atoms with E-state index >= 15 is 0 Å². The van der Waals surface area contributed by atoms with Gasteiger partial charge in [-0.15, -0.1) is 11.3 Å². The van der Waals surface area contributed by atoms with Gasteiger partial charge in [0.05, 0.1) is 12.2 Å². The first-order chi connectivity index (χ1) is 12.5. The van der Waals surface area contributed by atoms with Gasteiger partial charge < -0.3 is 15.5 Å². The average Bonchev–Trinajstić information content (AvgIpc) is 3.11. The lowest BCUT2D eigenvalue weighted by atomic mass is 10.1. The molecule has 26 heavy (non-hydrogen) atoms. The van der Waals surface area contributed by atoms with Crippen molar-refractivity contribution in [3.8, 4) is 0 Å². The third-order valence-electron chi connectivity index (χ3n) is 4.24. The highest BCUT2D eigenvalue weighted by molar-refractivity contribution is 7.09. The molecule has 2 rings (SSSR count). The molecule has 0 fully saturated rings. The first kappa shape index (κ1) is 20.4. The van der Waals surface area contributed by atoms with Crippen LogP contribution in [0, 0.1) is 0 Å². The number of rotatable bonds is 8. The summed E-state index contributed by atoms with van der Waals surface area (Å²) in [5.74, 6) is 1.26. The van der Waals surface area contributed by atoms with Gasteiger partial charge in [-0.3, -0.25) is 4.99 Å². The molecule has 1 aromatic carbocycles. The fraction of sp³-hybridized carbons (Fsp3) is 0.500. The molecule has 0 atom stereocenters. The quantitative estimate of drug-likeness (QED) is 0.548. The molecule has 0 amide bonds. The molecule has 6 heteroatoms. The predicted octanol–water partition coefficient (Wildman–Crippen LogP) is 3.58. The van der Waals surface area contributed by atoms with E-state index in [2.05, 4.69) is 83.0 Å². The van der Waals surface area contributed by atoms with Crippen LogP contribution in [0.25, 0.3) is 0 Å². The fourth-order valence-electron chi connectivity index (χ4n) is 2.50. The number of thiazole rings is 1. The summed E-state index contributed by atoms with van der Waals surface area (Å²) in [7, 11) is 3.93. The summed E-state index contributed by atoms with van der Waals surface area (Å²) in [6, 6.07) is 8.69. The third-order valence-corrected chi connectivity index (χ3v) is 5.10. The van der Waals surface area contributed by atoms with E-state index in [1.54, 1.807) is 18.4 Å². The summed E-state index contributed by atoms with van der Waals surface area (Å²) in [6.45, 7) is 9.97. The van der Waals surface area contributed by atoms with Crippen molar-refractivity contribution in [1.29, 1.82) is 0 Å². The molecule has 1 aromatic heterocycles. The van der Waals surface area contributed by atoms with E-state index in [4.69, 9.17) is 0 Å². The predicted molar refractivity (Wildman–Crippen MR) is 112 cm³/mol. The molecular formula is C20H31N5S. The lowest BCUT2D eigenvalue weighted by molar-refractivity contribution is 0.345. The number of aliphatic imine (C=N–C) groups is 1. The summed E-state index contributed by atoms with van der Waals surface area (Å²) in [5, 5.41) is 9.95. The Morgan fingerprint density at radius 3 is 2.62 bits per heavy atom. The van der Waals surface area contributed by atoms with E-state index in [0.29, 0.717) is 12.5 Å². The van der Waals surface area contributed by atoms with Gasteiger partial charge in [-0.25, -0.2) is 4.98 Å². The van der Waals surface area contributed by atoms with Crippen LogP contribution in [0.2, 0.25) is 0 Å². The highest BCUT2D eigenvalue weighted by Gasteiger charge is 2.06. The van der Waals surface area contributed by atoms with Gasteiger partial charge in [0, 0.05) is 25.5 Å². The van der Waals surface area contributed by atoms with Crippen molar-refractivity contribution in [2.75, 3.05) is 20.6 Å². The summed E-state index contributed by atoms with van der Waals surface area (Å²) in [5.41, 5.74) is 3.75. The Kier molecular flexibility index (Phi) is 8.06. The van der Waals surface area contributed by atoms with Crippen molar-refractivity contribution in [2.45, 2.75) is 46.3 Å². The largest absolute Gasteiger partial charge is 0.352 e. The standard InChI is InChI=1S/C20H31N5S/c1-6-25(5)13-17-9-7-8-16(10-17)11-22-20(21-4)23-12-19-24-18(14-26-19)15(2)3/h7-10,14-15H,6,11-13H2,1-5H3,(H2,21,22,23). The fourth-order valence-corrected chi connectivity index (χ4v) is 3.39. The number of nitrogens with one attached hydrogen (secondary N) is 2. The maximum atomic E-state index is 4.65. The summed E-state index contributed by atoms with van der Waals surface area (Å²) in [4.78, 5) is 11.3. The zero-order valence-corrected chi connectivity index (χ0v) is 17.4. The van der Waals surface area contributed by atoms with Crippen LogP contribution in [-0.4, -0.2) is 36.5 Å². The highest BCUT2D eigenvalue weighted by Crippen LogP contribution is 2.17. The molecular weight excluding hydrogens is 342 g/mol. The van der Waals surface area contributed by atoms with Crippen LogP contribution in [0.1, 0.15) is 48.5 Å². The summed E-state index contributed by atoms with van der Waals surface area (Å²) < 4.78 is 0. The first-order valence-corrected chi connectivity index (χ1v) is 10.0. The van der Waals surface area contributed by atoms with E-state index in [1.165, 1.54) is 11.1 Å². The Bertz CT molecular complexity index is 708. The van der Waals surface area contributed by atoms with E-state index in [-0.39, 0.29) is 0 Å². The maximum Gasteiger partial charge on any atom is 0.191 e. The van der Waals surface area contributed by atoms with Crippen molar-refractivity contribution in [1.82, 2.24) is 20.5 Å². The van der Waals surface area contributed by atoms with Crippen molar-refractivity contribution in [3.63, 3.8) is 0 Å². The number of hydrogen-bond donors (Lipinski definition) is 2. The Balaban J connectivity index is 1.85. The second-order valence-electron chi connectivity index (χ2n) is 6.75. The van der Waals surface area contributed by atoms with Gasteiger partial charge in [0.15, 0.2) is 5.96 Å². The van der Waals surface area contributed by atoms with Crippen LogP contribution in [-0.2, 0) is 19.6 Å². The van der Waals surface area contributed by atoms with E-state index < -0.39 is 0 Å². The van der Waals surface area contributed by atoms with E-state index in [0.717, 1.165) is 36.3 Å². The molecule has 5 nitrogen and oxygen atoms in total. The minimum atomic E-state index is 0.469. The minimum absolute atomic E-state index is 0.469. The monoisotopic (exact) mass is 373 g/mol. The molecule has 142 valence electrons. The van der Waals surface area contributed by atoms with Crippen LogP contribution in [0.3, 0.4) is 0 Å². The Morgan fingerprint density at radius 1 is 1.23 bits per heavy atom. The zero-order valence-electron chi connectivity index (χ0n) is 16.5. The van der Waals surface area contributed by atoms with Gasteiger partial charge in [-0.1, -0.05) is 45.0 Å². The zero-order chi connectivity index (χ0) is 18.9. The number of guanidine groups is 1. The van der Waals surface area contributed by atoms with Gasteiger partial charge in [0.2, 0.25) is 0 Å². The van der Waals surface area contributed by atoms with Crippen molar-refractivity contribution in [2.24, 2.45) is 4.99 Å². The molecule has 0 spiro atoms. The van der Waals surface area contributed by atoms with Gasteiger partial charge in [0.1, 0.15) is 5.01 Å². The summed E-state index contributed by atoms with van der Waals surface area (Å²) >= 11 is 1.69. The van der Waals surface area contributed by atoms with Crippen LogP contribution in [0.4, 0.5) is 0 Å². The second-order valence-corrected chi connectivity index (χ2v) is 7.69. The molecule has 0 saturated carbocycles. The van der Waals surface area contributed by atoms with Crippen LogP contribution < -0.4 is 10.6 Å². The normalized spacial score (nSPS) is 12.0.